The molecule has 0 radical (unpaired) electrons. The highest BCUT2D eigenvalue weighted by atomic mass is 32.2. The van der Waals surface area contributed by atoms with E-state index in [1.165, 1.54) is 7.11 Å². The van der Waals surface area contributed by atoms with Gasteiger partial charge in [-0.05, 0) is 6.92 Å². The molecule has 1 aliphatic heterocycles. The van der Waals surface area contributed by atoms with Gasteiger partial charge in [0.2, 0.25) is 0 Å². The zero-order valence-corrected chi connectivity index (χ0v) is 10.3. The number of hydrogen-bond acceptors (Lipinski definition) is 7. The van der Waals surface area contributed by atoms with Gasteiger partial charge in [0.05, 0.1) is 24.9 Å². The molecule has 0 aromatic heterocycles. The van der Waals surface area contributed by atoms with Gasteiger partial charge in [-0.15, -0.1) is 0 Å². The lowest BCUT2D eigenvalue weighted by Crippen LogP contribution is -2.45. The van der Waals surface area contributed by atoms with Crippen LogP contribution in [-0.2, 0) is 19.6 Å². The summed E-state index contributed by atoms with van der Waals surface area (Å²) < 4.78 is 34.5. The van der Waals surface area contributed by atoms with Crippen molar-refractivity contribution < 1.29 is 22.5 Å². The molecule has 0 amide bonds. The van der Waals surface area contributed by atoms with Crippen LogP contribution in [0.2, 0.25) is 0 Å². The van der Waals surface area contributed by atoms with Crippen molar-refractivity contribution in [2.45, 2.75) is 25.0 Å². The van der Waals surface area contributed by atoms with Gasteiger partial charge >= 0.3 is 5.97 Å². The first-order chi connectivity index (χ1) is 7.74. The van der Waals surface area contributed by atoms with E-state index in [2.05, 4.69) is 15.0 Å². The lowest BCUT2D eigenvalue weighted by Gasteiger charge is -2.13. The van der Waals surface area contributed by atoms with Gasteiger partial charge in [-0.25, -0.2) is 4.79 Å². The molecule has 0 aromatic rings. The Morgan fingerprint density at radius 1 is 1.71 bits per heavy atom. The number of rotatable bonds is 4. The minimum Gasteiger partial charge on any atom is -0.467 e. The minimum atomic E-state index is -4.18. The SMILES string of the molecule is COC(=O)[C@H]1N=C(C(N)CS(=O)(=O)O)N[C@H]1C. The number of amidine groups is 1. The zero-order chi connectivity index (χ0) is 13.2. The van der Waals surface area contributed by atoms with Gasteiger partial charge in [0.25, 0.3) is 10.1 Å². The van der Waals surface area contributed by atoms with Crippen molar-refractivity contribution in [2.75, 3.05) is 12.9 Å². The highest BCUT2D eigenvalue weighted by Gasteiger charge is 2.34. The molecule has 0 bridgehead atoms. The van der Waals surface area contributed by atoms with E-state index in [9.17, 15) is 13.2 Å². The van der Waals surface area contributed by atoms with Gasteiger partial charge < -0.3 is 15.8 Å². The maximum atomic E-state index is 11.3. The summed E-state index contributed by atoms with van der Waals surface area (Å²) in [5, 5.41) is 2.79. The van der Waals surface area contributed by atoms with E-state index in [0.29, 0.717) is 0 Å². The fourth-order valence-corrected chi connectivity index (χ4v) is 2.11. The van der Waals surface area contributed by atoms with Crippen LogP contribution in [0.1, 0.15) is 6.92 Å². The molecule has 0 spiro atoms. The van der Waals surface area contributed by atoms with Gasteiger partial charge in [0, 0.05) is 0 Å². The molecule has 0 saturated carbocycles. The molecule has 9 heteroatoms. The molecule has 1 aliphatic rings. The van der Waals surface area contributed by atoms with E-state index in [-0.39, 0.29) is 11.9 Å². The Kier molecular flexibility index (Phi) is 4.07. The monoisotopic (exact) mass is 265 g/mol. The van der Waals surface area contributed by atoms with Crippen molar-refractivity contribution in [2.24, 2.45) is 10.7 Å². The normalized spacial score (nSPS) is 26.0. The number of ether oxygens (including phenoxy) is 1. The van der Waals surface area contributed by atoms with Gasteiger partial charge in [0.15, 0.2) is 6.04 Å². The predicted octanol–water partition coefficient (Wildman–Crippen LogP) is -1.87. The molecule has 98 valence electrons. The summed E-state index contributed by atoms with van der Waals surface area (Å²) in [5.41, 5.74) is 5.55. The topological polar surface area (TPSA) is 131 Å². The number of nitrogens with zero attached hydrogens (tertiary/aromatic N) is 1. The van der Waals surface area contributed by atoms with Crippen LogP contribution < -0.4 is 11.1 Å². The molecule has 17 heavy (non-hydrogen) atoms. The van der Waals surface area contributed by atoms with Crippen molar-refractivity contribution in [3.05, 3.63) is 0 Å². The first-order valence-electron chi connectivity index (χ1n) is 4.87. The Labute approximate surface area is 99.0 Å². The van der Waals surface area contributed by atoms with E-state index in [1.807, 2.05) is 0 Å². The van der Waals surface area contributed by atoms with Crippen molar-refractivity contribution in [1.82, 2.24) is 5.32 Å². The van der Waals surface area contributed by atoms with Gasteiger partial charge in [-0.3, -0.25) is 9.55 Å². The van der Waals surface area contributed by atoms with Gasteiger partial charge in [0.1, 0.15) is 5.84 Å². The Bertz CT molecular complexity index is 432. The van der Waals surface area contributed by atoms with Crippen LogP contribution >= 0.6 is 0 Å². The average Bonchev–Trinajstić information content (AvgIpc) is 2.57. The lowest BCUT2D eigenvalue weighted by atomic mass is 10.2. The molecular formula is C8H15N3O5S. The van der Waals surface area contributed by atoms with Crippen molar-refractivity contribution >= 4 is 21.9 Å². The van der Waals surface area contributed by atoms with Gasteiger partial charge in [-0.2, -0.15) is 8.42 Å². The highest BCUT2D eigenvalue weighted by molar-refractivity contribution is 7.85. The maximum absolute atomic E-state index is 11.3. The molecule has 3 atom stereocenters. The standard InChI is InChI=1S/C8H15N3O5S/c1-4-6(8(12)16-2)11-7(10-4)5(9)3-17(13,14)15/h4-6H,3,9H2,1-2H3,(H,10,11)(H,13,14,15)/t4-,5?,6-/m0/s1. The second-order valence-corrected chi connectivity index (χ2v) is 5.27. The second-order valence-electron chi connectivity index (χ2n) is 3.77. The molecule has 1 unspecified atom stereocenters. The molecule has 1 rings (SSSR count). The van der Waals surface area contributed by atoms with Crippen LogP contribution in [0.4, 0.5) is 0 Å². The van der Waals surface area contributed by atoms with Crippen LogP contribution in [0.5, 0.6) is 0 Å². The van der Waals surface area contributed by atoms with E-state index in [4.69, 9.17) is 10.3 Å². The zero-order valence-electron chi connectivity index (χ0n) is 9.45. The predicted molar refractivity (Wildman–Crippen MR) is 60.2 cm³/mol. The van der Waals surface area contributed by atoms with E-state index >= 15 is 0 Å². The van der Waals surface area contributed by atoms with Crippen LogP contribution in [0.25, 0.3) is 0 Å². The Balaban J connectivity index is 2.77. The van der Waals surface area contributed by atoms with Crippen molar-refractivity contribution in [1.29, 1.82) is 0 Å². The van der Waals surface area contributed by atoms with Crippen LogP contribution in [0.15, 0.2) is 4.99 Å². The van der Waals surface area contributed by atoms with Crippen LogP contribution in [0, 0.1) is 0 Å². The second kappa shape index (κ2) is 4.98. The molecule has 4 N–H and O–H groups in total. The Hall–Kier alpha value is -1.19. The van der Waals surface area contributed by atoms with E-state index in [0.717, 1.165) is 0 Å². The molecule has 1 heterocycles. The number of methoxy groups -OCH3 is 1. The highest BCUT2D eigenvalue weighted by Crippen LogP contribution is 2.10. The number of carbonyl (C=O) groups excluding carboxylic acids is 1. The van der Waals surface area contributed by atoms with Crippen molar-refractivity contribution in [3.63, 3.8) is 0 Å². The molecule has 0 aromatic carbocycles. The summed E-state index contributed by atoms with van der Waals surface area (Å²) in [6, 6.07) is -2.07. The molecule has 0 fully saturated rings. The third-order valence-electron chi connectivity index (χ3n) is 2.31. The number of nitrogens with two attached hydrogens (primary N) is 1. The summed E-state index contributed by atoms with van der Waals surface area (Å²) in [5.74, 6) is -1.01. The summed E-state index contributed by atoms with van der Waals surface area (Å²) in [7, 11) is -2.95. The van der Waals surface area contributed by atoms with Crippen LogP contribution in [0.3, 0.4) is 0 Å². The van der Waals surface area contributed by atoms with E-state index < -0.39 is 33.9 Å². The molecule has 0 aliphatic carbocycles. The minimum absolute atomic E-state index is 0.172. The molecule has 8 nitrogen and oxygen atoms in total. The van der Waals surface area contributed by atoms with Gasteiger partial charge in [-0.1, -0.05) is 0 Å². The molecule has 0 saturated heterocycles. The number of esters is 1. The summed E-state index contributed by atoms with van der Waals surface area (Å²) in [6.07, 6.45) is 0. The first kappa shape index (κ1) is 13.9. The quantitative estimate of drug-likeness (QED) is 0.401. The third-order valence-corrected chi connectivity index (χ3v) is 3.09. The Morgan fingerprint density at radius 3 is 2.76 bits per heavy atom. The summed E-state index contributed by atoms with van der Waals surface area (Å²) in [6.45, 7) is 1.69. The average molecular weight is 265 g/mol. The number of aliphatic imine (C=N–C) groups is 1. The summed E-state index contributed by atoms with van der Waals surface area (Å²) >= 11 is 0. The lowest BCUT2D eigenvalue weighted by molar-refractivity contribution is -0.142. The fourth-order valence-electron chi connectivity index (χ4n) is 1.50. The van der Waals surface area contributed by atoms with E-state index in [1.54, 1.807) is 6.92 Å². The maximum Gasteiger partial charge on any atom is 0.332 e. The first-order valence-corrected chi connectivity index (χ1v) is 6.48. The summed E-state index contributed by atoms with van der Waals surface area (Å²) in [4.78, 5) is 15.3. The van der Waals surface area contributed by atoms with Crippen molar-refractivity contribution in [3.8, 4) is 0 Å². The third kappa shape index (κ3) is 3.65. The number of nitrogens with one attached hydrogen (secondary N) is 1. The number of hydrogen-bond donors (Lipinski definition) is 3. The fraction of sp³-hybridized carbons (Fsp3) is 0.750. The number of carbonyl (C=O) groups is 1. The Morgan fingerprint density at radius 2 is 2.29 bits per heavy atom. The molecular weight excluding hydrogens is 250 g/mol. The smallest absolute Gasteiger partial charge is 0.332 e. The largest absolute Gasteiger partial charge is 0.467 e. The van der Waals surface area contributed by atoms with Crippen LogP contribution in [-0.4, -0.2) is 55.8 Å².